The molecule has 0 aliphatic carbocycles. The molecule has 100 valence electrons. The molecule has 2 heterocycles. The predicted octanol–water partition coefficient (Wildman–Crippen LogP) is 0.613. The van der Waals surface area contributed by atoms with E-state index in [4.69, 9.17) is 4.74 Å². The summed E-state index contributed by atoms with van der Waals surface area (Å²) in [5.74, 6) is -0.421. The SMILES string of the molecule is CN1CCOC(CN2C(=O)c3ccccc3C2=O)C1. The average molecular weight is 260 g/mol. The van der Waals surface area contributed by atoms with Crippen LogP contribution in [-0.2, 0) is 4.74 Å². The fourth-order valence-corrected chi connectivity index (χ4v) is 2.59. The summed E-state index contributed by atoms with van der Waals surface area (Å²) in [4.78, 5) is 27.8. The lowest BCUT2D eigenvalue weighted by Gasteiger charge is -2.31. The lowest BCUT2D eigenvalue weighted by Crippen LogP contribution is -2.47. The molecule has 0 aromatic heterocycles. The second kappa shape index (κ2) is 4.75. The first kappa shape index (κ1) is 12.3. The predicted molar refractivity (Wildman–Crippen MR) is 69.0 cm³/mol. The first-order valence-corrected chi connectivity index (χ1v) is 6.42. The molecule has 19 heavy (non-hydrogen) atoms. The van der Waals surface area contributed by atoms with Crippen LogP contribution < -0.4 is 0 Å². The Morgan fingerprint density at radius 1 is 1.21 bits per heavy atom. The van der Waals surface area contributed by atoms with Crippen molar-refractivity contribution >= 4 is 11.8 Å². The van der Waals surface area contributed by atoms with Crippen molar-refractivity contribution in [1.29, 1.82) is 0 Å². The summed E-state index contributed by atoms with van der Waals surface area (Å²) in [6.45, 7) is 2.60. The van der Waals surface area contributed by atoms with Crippen LogP contribution in [-0.4, -0.2) is 61.0 Å². The van der Waals surface area contributed by atoms with Gasteiger partial charge in [0.05, 0.1) is 30.4 Å². The number of carbonyl (C=O) groups excluding carboxylic acids is 2. The van der Waals surface area contributed by atoms with Crippen LogP contribution in [0, 0.1) is 0 Å². The quantitative estimate of drug-likeness (QED) is 0.731. The highest BCUT2D eigenvalue weighted by Crippen LogP contribution is 2.23. The molecule has 5 nitrogen and oxygen atoms in total. The number of hydrogen-bond acceptors (Lipinski definition) is 4. The summed E-state index contributed by atoms with van der Waals surface area (Å²) in [7, 11) is 2.01. The molecule has 2 aliphatic heterocycles. The number of ether oxygens (including phenoxy) is 1. The maximum Gasteiger partial charge on any atom is 0.261 e. The van der Waals surface area contributed by atoms with Gasteiger partial charge in [-0.05, 0) is 19.2 Å². The van der Waals surface area contributed by atoms with E-state index in [1.807, 2.05) is 7.05 Å². The van der Waals surface area contributed by atoms with Crippen molar-refractivity contribution in [3.63, 3.8) is 0 Å². The van der Waals surface area contributed by atoms with E-state index >= 15 is 0 Å². The molecule has 2 amide bonds. The highest BCUT2D eigenvalue weighted by molar-refractivity contribution is 6.21. The Morgan fingerprint density at radius 3 is 2.42 bits per heavy atom. The van der Waals surface area contributed by atoms with Gasteiger partial charge in [0.25, 0.3) is 11.8 Å². The van der Waals surface area contributed by atoms with Crippen molar-refractivity contribution in [3.05, 3.63) is 35.4 Å². The van der Waals surface area contributed by atoms with Crippen LogP contribution >= 0.6 is 0 Å². The minimum Gasteiger partial charge on any atom is -0.374 e. The van der Waals surface area contributed by atoms with Gasteiger partial charge in [0.15, 0.2) is 0 Å². The second-order valence-electron chi connectivity index (χ2n) is 5.02. The second-order valence-corrected chi connectivity index (χ2v) is 5.02. The standard InChI is InChI=1S/C14H16N2O3/c1-15-6-7-19-10(8-15)9-16-13(17)11-4-2-3-5-12(11)14(16)18/h2-5,10H,6-9H2,1H3. The molecule has 3 rings (SSSR count). The molecular weight excluding hydrogens is 244 g/mol. The summed E-state index contributed by atoms with van der Waals surface area (Å²) < 4.78 is 5.62. The van der Waals surface area contributed by atoms with Gasteiger partial charge >= 0.3 is 0 Å². The van der Waals surface area contributed by atoms with E-state index in [9.17, 15) is 9.59 Å². The molecular formula is C14H16N2O3. The molecule has 1 saturated heterocycles. The molecule has 1 atom stereocenters. The minimum absolute atomic E-state index is 0.0963. The summed E-state index contributed by atoms with van der Waals surface area (Å²) in [6, 6.07) is 6.95. The summed E-state index contributed by atoms with van der Waals surface area (Å²) in [6.07, 6.45) is -0.0963. The molecule has 0 N–H and O–H groups in total. The summed E-state index contributed by atoms with van der Waals surface area (Å²) in [5.41, 5.74) is 0.994. The molecule has 0 bridgehead atoms. The van der Waals surface area contributed by atoms with Crippen molar-refractivity contribution in [2.45, 2.75) is 6.10 Å². The van der Waals surface area contributed by atoms with Crippen molar-refractivity contribution in [2.75, 3.05) is 33.3 Å². The fourth-order valence-electron chi connectivity index (χ4n) is 2.59. The molecule has 0 saturated carbocycles. The fraction of sp³-hybridized carbons (Fsp3) is 0.429. The Hall–Kier alpha value is -1.72. The summed E-state index contributed by atoms with van der Waals surface area (Å²) in [5, 5.41) is 0. The zero-order valence-electron chi connectivity index (χ0n) is 10.8. The van der Waals surface area contributed by atoms with Crippen LogP contribution in [0.1, 0.15) is 20.7 Å². The van der Waals surface area contributed by atoms with Gasteiger partial charge in [-0.1, -0.05) is 12.1 Å². The first-order valence-electron chi connectivity index (χ1n) is 6.42. The van der Waals surface area contributed by atoms with Gasteiger partial charge in [-0.2, -0.15) is 0 Å². The van der Waals surface area contributed by atoms with E-state index in [0.29, 0.717) is 24.3 Å². The number of rotatable bonds is 2. The third-order valence-corrected chi connectivity index (χ3v) is 3.61. The number of nitrogens with zero attached hydrogens (tertiary/aromatic N) is 2. The number of carbonyl (C=O) groups is 2. The van der Waals surface area contributed by atoms with Crippen LogP contribution in [0.3, 0.4) is 0 Å². The molecule has 1 aromatic rings. The van der Waals surface area contributed by atoms with Crippen LogP contribution in [0.5, 0.6) is 0 Å². The van der Waals surface area contributed by atoms with E-state index in [0.717, 1.165) is 13.1 Å². The number of fused-ring (bicyclic) bond motifs is 1. The largest absolute Gasteiger partial charge is 0.374 e. The molecule has 1 aromatic carbocycles. The van der Waals surface area contributed by atoms with Gasteiger partial charge < -0.3 is 9.64 Å². The third kappa shape index (κ3) is 2.15. The molecule has 0 radical (unpaired) electrons. The van der Waals surface area contributed by atoms with E-state index in [1.165, 1.54) is 4.90 Å². The zero-order valence-corrected chi connectivity index (χ0v) is 10.8. The van der Waals surface area contributed by atoms with E-state index < -0.39 is 0 Å². The smallest absolute Gasteiger partial charge is 0.261 e. The number of amides is 2. The highest BCUT2D eigenvalue weighted by atomic mass is 16.5. The van der Waals surface area contributed by atoms with Crippen molar-refractivity contribution < 1.29 is 14.3 Å². The molecule has 0 spiro atoms. The van der Waals surface area contributed by atoms with E-state index in [1.54, 1.807) is 24.3 Å². The molecule has 1 unspecified atom stereocenters. The molecule has 2 aliphatic rings. The molecule has 5 heteroatoms. The third-order valence-electron chi connectivity index (χ3n) is 3.61. The van der Waals surface area contributed by atoms with Crippen molar-refractivity contribution in [3.8, 4) is 0 Å². The van der Waals surface area contributed by atoms with Gasteiger partial charge in [-0.3, -0.25) is 14.5 Å². The first-order chi connectivity index (χ1) is 9.16. The van der Waals surface area contributed by atoms with Crippen LogP contribution in [0.4, 0.5) is 0 Å². The van der Waals surface area contributed by atoms with Crippen molar-refractivity contribution in [1.82, 2.24) is 9.80 Å². The van der Waals surface area contributed by atoms with Gasteiger partial charge in [0, 0.05) is 13.1 Å². The number of hydrogen-bond donors (Lipinski definition) is 0. The zero-order chi connectivity index (χ0) is 13.4. The Morgan fingerprint density at radius 2 is 1.84 bits per heavy atom. The number of benzene rings is 1. The van der Waals surface area contributed by atoms with Crippen molar-refractivity contribution in [2.24, 2.45) is 0 Å². The number of morpholine rings is 1. The normalized spacial score (nSPS) is 23.8. The van der Waals surface area contributed by atoms with Crippen LogP contribution in [0.15, 0.2) is 24.3 Å². The van der Waals surface area contributed by atoms with Crippen LogP contribution in [0.25, 0.3) is 0 Å². The Bertz CT molecular complexity index is 494. The van der Waals surface area contributed by atoms with E-state index in [2.05, 4.69) is 4.90 Å². The lowest BCUT2D eigenvalue weighted by molar-refractivity contribution is -0.0297. The lowest BCUT2D eigenvalue weighted by atomic mass is 10.1. The Balaban J connectivity index is 1.77. The topological polar surface area (TPSA) is 49.9 Å². The van der Waals surface area contributed by atoms with Gasteiger partial charge in [0.2, 0.25) is 0 Å². The average Bonchev–Trinajstić information content (AvgIpc) is 2.65. The maximum absolute atomic E-state index is 12.2. The number of likely N-dealkylation sites (N-methyl/N-ethyl adjacent to an activating group) is 1. The minimum atomic E-state index is -0.211. The monoisotopic (exact) mass is 260 g/mol. The number of imide groups is 1. The highest BCUT2D eigenvalue weighted by Gasteiger charge is 2.37. The molecule has 1 fully saturated rings. The maximum atomic E-state index is 12.2. The van der Waals surface area contributed by atoms with Gasteiger partial charge in [-0.15, -0.1) is 0 Å². The Kier molecular flexibility index (Phi) is 3.08. The van der Waals surface area contributed by atoms with Gasteiger partial charge in [0.1, 0.15) is 0 Å². The van der Waals surface area contributed by atoms with Gasteiger partial charge in [-0.25, -0.2) is 0 Å². The van der Waals surface area contributed by atoms with E-state index in [-0.39, 0.29) is 17.9 Å². The summed E-state index contributed by atoms with van der Waals surface area (Å²) >= 11 is 0. The Labute approximate surface area is 111 Å². The van der Waals surface area contributed by atoms with Crippen LogP contribution in [0.2, 0.25) is 0 Å².